The molecule has 1 amide bonds. The molecule has 27 heavy (non-hydrogen) atoms. The fourth-order valence-corrected chi connectivity index (χ4v) is 3.84. The second-order valence-electron chi connectivity index (χ2n) is 5.96. The molecule has 0 saturated heterocycles. The highest BCUT2D eigenvalue weighted by Gasteiger charge is 2.13. The minimum absolute atomic E-state index is 0.145. The maximum absolute atomic E-state index is 12.4. The molecule has 1 N–H and O–H groups in total. The predicted molar refractivity (Wildman–Crippen MR) is 109 cm³/mol. The number of ether oxygens (including phenoxy) is 1. The van der Waals surface area contributed by atoms with Crippen LogP contribution in [0.4, 0.5) is 0 Å². The summed E-state index contributed by atoms with van der Waals surface area (Å²) in [4.78, 5) is 13.0. The summed E-state index contributed by atoms with van der Waals surface area (Å²) in [6.07, 6.45) is 1.59. The molecule has 3 rings (SSSR count). The van der Waals surface area contributed by atoms with Gasteiger partial charge in [0.1, 0.15) is 12.4 Å². The highest BCUT2D eigenvalue weighted by atomic mass is 35.5. The van der Waals surface area contributed by atoms with Crippen molar-refractivity contribution in [3.63, 3.8) is 0 Å². The van der Waals surface area contributed by atoms with Gasteiger partial charge in [-0.15, -0.1) is 11.3 Å². The number of carbonyl (C=O) groups excluding carboxylic acids is 1. The van der Waals surface area contributed by atoms with Gasteiger partial charge in [0.2, 0.25) is 0 Å². The van der Waals surface area contributed by atoms with Crippen LogP contribution in [0.5, 0.6) is 5.75 Å². The summed E-state index contributed by atoms with van der Waals surface area (Å²) >= 11 is 13.5. The molecule has 142 valence electrons. The first-order valence-electron chi connectivity index (χ1n) is 8.42. The quantitative estimate of drug-likeness (QED) is 0.575. The van der Waals surface area contributed by atoms with E-state index in [2.05, 4.69) is 10.4 Å². The lowest BCUT2D eigenvalue weighted by Gasteiger charge is -2.08. The molecule has 0 aliphatic carbocycles. The third-order valence-corrected chi connectivity index (χ3v) is 5.55. The Morgan fingerprint density at radius 3 is 2.89 bits per heavy atom. The average Bonchev–Trinajstić information content (AvgIpc) is 3.25. The van der Waals surface area contributed by atoms with Crippen LogP contribution in [0, 0.1) is 6.92 Å². The fraction of sp³-hybridized carbons (Fsp3) is 0.263. The molecule has 8 heteroatoms. The first-order chi connectivity index (χ1) is 13.0. The molecule has 0 atom stereocenters. The Hall–Kier alpha value is -2.02. The van der Waals surface area contributed by atoms with Crippen molar-refractivity contribution in [3.05, 3.63) is 67.6 Å². The first-order valence-corrected chi connectivity index (χ1v) is 10.1. The Bertz CT molecular complexity index is 952. The maximum Gasteiger partial charge on any atom is 0.261 e. The lowest BCUT2D eigenvalue weighted by molar-refractivity contribution is 0.0954. The third-order valence-electron chi connectivity index (χ3n) is 4.02. The smallest absolute Gasteiger partial charge is 0.261 e. The summed E-state index contributed by atoms with van der Waals surface area (Å²) in [6.45, 7) is 5.34. The monoisotopic (exact) mass is 423 g/mol. The molecule has 0 aliphatic heterocycles. The van der Waals surface area contributed by atoms with Gasteiger partial charge >= 0.3 is 0 Å². The normalized spacial score (nSPS) is 10.8. The van der Waals surface area contributed by atoms with E-state index in [4.69, 9.17) is 27.9 Å². The lowest BCUT2D eigenvalue weighted by atomic mass is 10.2. The number of aromatic nitrogens is 2. The number of thiophene rings is 1. The van der Waals surface area contributed by atoms with Gasteiger partial charge in [0.15, 0.2) is 0 Å². The van der Waals surface area contributed by atoms with Gasteiger partial charge in [0, 0.05) is 17.1 Å². The molecule has 0 fully saturated rings. The number of rotatable bonds is 7. The van der Waals surface area contributed by atoms with Crippen LogP contribution in [0.15, 0.2) is 35.8 Å². The second kappa shape index (κ2) is 8.78. The molecule has 5 nitrogen and oxygen atoms in total. The molecule has 0 aliphatic rings. The van der Waals surface area contributed by atoms with Crippen molar-refractivity contribution in [2.45, 2.75) is 33.5 Å². The van der Waals surface area contributed by atoms with E-state index in [1.165, 1.54) is 11.3 Å². The van der Waals surface area contributed by atoms with E-state index < -0.39 is 0 Å². The van der Waals surface area contributed by atoms with Crippen LogP contribution in [-0.2, 0) is 19.7 Å². The Balaban J connectivity index is 1.58. The van der Waals surface area contributed by atoms with Gasteiger partial charge < -0.3 is 10.1 Å². The van der Waals surface area contributed by atoms with Crippen molar-refractivity contribution >= 4 is 40.4 Å². The van der Waals surface area contributed by atoms with Gasteiger partial charge in [0.25, 0.3) is 5.91 Å². The number of halogens is 2. The number of carbonyl (C=O) groups is 1. The molecule has 0 saturated carbocycles. The second-order valence-corrected chi connectivity index (χ2v) is 7.71. The molecular formula is C19H19Cl2N3O2S. The number of hydrogen-bond acceptors (Lipinski definition) is 4. The van der Waals surface area contributed by atoms with Crippen molar-refractivity contribution in [2.75, 3.05) is 0 Å². The summed E-state index contributed by atoms with van der Waals surface area (Å²) in [5.74, 6) is 0.632. The van der Waals surface area contributed by atoms with E-state index in [1.54, 1.807) is 16.9 Å². The van der Waals surface area contributed by atoms with Crippen LogP contribution >= 0.6 is 34.5 Å². The molecule has 0 spiro atoms. The number of nitrogens with one attached hydrogen (secondary N) is 1. The Morgan fingerprint density at radius 1 is 1.33 bits per heavy atom. The van der Waals surface area contributed by atoms with E-state index in [0.29, 0.717) is 34.6 Å². The zero-order valence-corrected chi connectivity index (χ0v) is 17.3. The predicted octanol–water partition coefficient (Wildman–Crippen LogP) is 5.09. The van der Waals surface area contributed by atoms with E-state index in [0.717, 1.165) is 22.6 Å². The molecule has 0 bridgehead atoms. The average molecular weight is 424 g/mol. The first kappa shape index (κ1) is 19.7. The van der Waals surface area contributed by atoms with Crippen LogP contribution in [0.2, 0.25) is 10.0 Å². The van der Waals surface area contributed by atoms with Gasteiger partial charge in [-0.1, -0.05) is 23.2 Å². The molecule has 0 radical (unpaired) electrons. The van der Waals surface area contributed by atoms with Gasteiger partial charge in [0.05, 0.1) is 28.3 Å². The molecular weight excluding hydrogens is 405 g/mol. The summed E-state index contributed by atoms with van der Waals surface area (Å²) < 4.78 is 7.59. The van der Waals surface area contributed by atoms with Gasteiger partial charge in [-0.3, -0.25) is 9.48 Å². The van der Waals surface area contributed by atoms with Crippen LogP contribution in [0.25, 0.3) is 0 Å². The summed E-state index contributed by atoms with van der Waals surface area (Å²) in [5.41, 5.74) is 2.71. The van der Waals surface area contributed by atoms with Crippen molar-refractivity contribution in [1.29, 1.82) is 0 Å². The van der Waals surface area contributed by atoms with Crippen LogP contribution in [0.1, 0.15) is 33.4 Å². The number of hydrogen-bond donors (Lipinski definition) is 1. The van der Waals surface area contributed by atoms with E-state index >= 15 is 0 Å². The Kier molecular flexibility index (Phi) is 6.42. The largest absolute Gasteiger partial charge is 0.489 e. The van der Waals surface area contributed by atoms with E-state index in [-0.39, 0.29) is 5.91 Å². The van der Waals surface area contributed by atoms with Crippen LogP contribution in [-0.4, -0.2) is 15.7 Å². The molecule has 1 aromatic carbocycles. The Labute approximate surface area is 171 Å². The van der Waals surface area contributed by atoms with Crippen molar-refractivity contribution in [2.24, 2.45) is 0 Å². The van der Waals surface area contributed by atoms with Crippen molar-refractivity contribution in [1.82, 2.24) is 15.1 Å². The zero-order chi connectivity index (χ0) is 19.4. The van der Waals surface area contributed by atoms with Gasteiger partial charge in [-0.25, -0.2) is 0 Å². The minimum Gasteiger partial charge on any atom is -0.489 e. The molecule has 3 aromatic rings. The van der Waals surface area contributed by atoms with Crippen LogP contribution in [0.3, 0.4) is 0 Å². The Morgan fingerprint density at radius 2 is 2.15 bits per heavy atom. The SMILES string of the molecule is CCn1ncc(Cl)c1CNC(=O)c1cc(COc2ccc(Cl)cc2C)cs1. The van der Waals surface area contributed by atoms with Gasteiger partial charge in [-0.05, 0) is 49.1 Å². The molecule has 0 unspecified atom stereocenters. The fourth-order valence-electron chi connectivity index (χ4n) is 2.59. The van der Waals surface area contributed by atoms with E-state index in [1.807, 2.05) is 37.4 Å². The molecule has 2 aromatic heterocycles. The number of nitrogens with zero attached hydrogens (tertiary/aromatic N) is 2. The summed E-state index contributed by atoms with van der Waals surface area (Å²) in [6, 6.07) is 7.33. The third kappa shape index (κ3) is 4.83. The highest BCUT2D eigenvalue weighted by molar-refractivity contribution is 7.12. The summed E-state index contributed by atoms with van der Waals surface area (Å²) in [5, 5.41) is 10.2. The lowest BCUT2D eigenvalue weighted by Crippen LogP contribution is -2.23. The van der Waals surface area contributed by atoms with Crippen molar-refractivity contribution < 1.29 is 9.53 Å². The van der Waals surface area contributed by atoms with E-state index in [9.17, 15) is 4.79 Å². The molecule has 2 heterocycles. The van der Waals surface area contributed by atoms with Crippen molar-refractivity contribution in [3.8, 4) is 5.75 Å². The maximum atomic E-state index is 12.4. The summed E-state index contributed by atoms with van der Waals surface area (Å²) in [7, 11) is 0. The van der Waals surface area contributed by atoms with Gasteiger partial charge in [-0.2, -0.15) is 5.10 Å². The number of benzene rings is 1. The highest BCUT2D eigenvalue weighted by Crippen LogP contribution is 2.24. The van der Waals surface area contributed by atoms with Crippen LogP contribution < -0.4 is 10.1 Å². The standard InChI is InChI=1S/C19H19Cl2N3O2S/c1-3-24-16(15(21)8-23-24)9-22-19(25)18-7-13(11-27-18)10-26-17-5-4-14(20)6-12(17)2/h4-8,11H,3,9-10H2,1-2H3,(H,22,25). The minimum atomic E-state index is -0.145. The number of aryl methyl sites for hydroxylation is 2. The zero-order valence-electron chi connectivity index (χ0n) is 15.0. The topological polar surface area (TPSA) is 56.2 Å². The number of amides is 1.